The highest BCUT2D eigenvalue weighted by molar-refractivity contribution is 6.12. The van der Waals surface area contributed by atoms with E-state index in [-0.39, 0.29) is 112 Å². The van der Waals surface area contributed by atoms with Gasteiger partial charge in [0.2, 0.25) is 17.7 Å². The van der Waals surface area contributed by atoms with Crippen LogP contribution in [-0.4, -0.2) is 142 Å². The first kappa shape index (κ1) is 64.2. The van der Waals surface area contributed by atoms with Gasteiger partial charge in [-0.25, -0.2) is 36.9 Å². The minimum Gasteiger partial charge on any atom is -0.445 e. The van der Waals surface area contributed by atoms with Gasteiger partial charge in [-0.1, -0.05) is 44.5 Å². The molecule has 10 amide bonds. The molecule has 0 aliphatic carbocycles. The first-order valence-electron chi connectivity index (χ1n) is 28.7. The lowest BCUT2D eigenvalue weighted by Gasteiger charge is -2.40. The summed E-state index contributed by atoms with van der Waals surface area (Å²) in [5.41, 5.74) is 6.51. The SMILES string of the molecule is CC(C)NC(=O)N(CC1CN(C(=O)OCc2ccc(NC(=O)[C@H](CCCNC(N)=O)NC(=O)C(NC(=O)CCCCCN3C(=O)C=CC3=O)C(C)C)cc2)CC1F)C(c1nc(-c2cc(F)ccc2F)cn1Cc1cccc(F)c1)C1CCOCC1. The number of hydrogen-bond donors (Lipinski definition) is 6. The number of primary amides is 1. The second kappa shape index (κ2) is 30.5. The first-order chi connectivity index (χ1) is 40.6. The molecule has 4 heterocycles. The van der Waals surface area contributed by atoms with Crippen molar-refractivity contribution >= 4 is 53.4 Å². The van der Waals surface area contributed by atoms with Gasteiger partial charge in [0.25, 0.3) is 11.8 Å². The third-order valence-corrected chi connectivity index (χ3v) is 14.9. The molecule has 3 aromatic carbocycles. The Hall–Kier alpha value is -8.35. The van der Waals surface area contributed by atoms with E-state index in [0.717, 1.165) is 23.1 Å². The highest BCUT2D eigenvalue weighted by Crippen LogP contribution is 2.39. The molecule has 0 radical (unpaired) electrons. The number of anilines is 1. The van der Waals surface area contributed by atoms with Crippen molar-refractivity contribution < 1.29 is 65.4 Å². The van der Waals surface area contributed by atoms with Gasteiger partial charge >= 0.3 is 18.2 Å². The van der Waals surface area contributed by atoms with Crippen molar-refractivity contribution in [1.29, 1.82) is 0 Å². The fourth-order valence-corrected chi connectivity index (χ4v) is 10.5. The molecule has 3 aliphatic heterocycles. The third-order valence-electron chi connectivity index (χ3n) is 14.9. The van der Waals surface area contributed by atoms with E-state index in [1.165, 1.54) is 40.3 Å². The Morgan fingerprint density at radius 2 is 1.54 bits per heavy atom. The van der Waals surface area contributed by atoms with Gasteiger partial charge in [0.05, 0.1) is 18.3 Å². The summed E-state index contributed by atoms with van der Waals surface area (Å²) in [7, 11) is 0. The number of alkyl halides is 1. The molecule has 2 saturated heterocycles. The highest BCUT2D eigenvalue weighted by Gasteiger charge is 2.43. The Morgan fingerprint density at radius 1 is 0.824 bits per heavy atom. The summed E-state index contributed by atoms with van der Waals surface area (Å²) in [6.07, 6.45) is 4.31. The molecule has 3 aliphatic rings. The van der Waals surface area contributed by atoms with E-state index in [2.05, 4.69) is 26.6 Å². The predicted molar refractivity (Wildman–Crippen MR) is 305 cm³/mol. The molecular weight excluding hydrogens is 1110 g/mol. The quantitative estimate of drug-likeness (QED) is 0.0201. The maximum atomic E-state index is 16.4. The number of aromatic nitrogens is 2. The fraction of sp³-hybridized carbons (Fsp3) is 0.483. The topological polar surface area (TPSA) is 269 Å². The molecule has 5 atom stereocenters. The number of nitrogens with one attached hydrogen (secondary N) is 5. The summed E-state index contributed by atoms with van der Waals surface area (Å²) in [4.78, 5) is 112. The Labute approximate surface area is 490 Å². The van der Waals surface area contributed by atoms with Crippen LogP contribution in [0.5, 0.6) is 0 Å². The maximum Gasteiger partial charge on any atom is 0.410 e. The molecule has 0 spiro atoms. The van der Waals surface area contributed by atoms with Gasteiger partial charge in [0.15, 0.2) is 0 Å². The number of carbonyl (C=O) groups excluding carboxylic acids is 8. The number of hydrogen-bond acceptors (Lipinski definition) is 11. The number of nitrogens with zero attached hydrogens (tertiary/aromatic N) is 5. The largest absolute Gasteiger partial charge is 0.445 e. The zero-order chi connectivity index (χ0) is 61.3. The molecule has 1 aromatic heterocycles. The van der Waals surface area contributed by atoms with Crippen molar-refractivity contribution in [3.8, 4) is 11.3 Å². The number of amides is 10. The number of imidazole rings is 1. The van der Waals surface area contributed by atoms with E-state index in [1.807, 2.05) is 0 Å². The molecule has 0 saturated carbocycles. The molecule has 4 unspecified atom stereocenters. The summed E-state index contributed by atoms with van der Waals surface area (Å²) < 4.78 is 74.2. The molecular formula is C60H75F4N11O10. The van der Waals surface area contributed by atoms with E-state index < -0.39 is 83.5 Å². The minimum atomic E-state index is -1.61. The van der Waals surface area contributed by atoms with Crippen molar-refractivity contribution in [3.63, 3.8) is 0 Å². The number of halogens is 4. The summed E-state index contributed by atoms with van der Waals surface area (Å²) in [6, 6.07) is 10.5. The minimum absolute atomic E-state index is 0.0324. The normalized spacial score (nSPS) is 17.2. The van der Waals surface area contributed by atoms with Crippen LogP contribution in [-0.2, 0) is 46.6 Å². The number of imide groups is 1. The molecule has 21 nitrogen and oxygen atoms in total. The fourth-order valence-electron chi connectivity index (χ4n) is 10.5. The van der Waals surface area contributed by atoms with Crippen LogP contribution in [0, 0.1) is 35.2 Å². The van der Waals surface area contributed by atoms with Gasteiger partial charge in [-0.3, -0.25) is 28.9 Å². The Bertz CT molecular complexity index is 3030. The number of benzene rings is 3. The Morgan fingerprint density at radius 3 is 2.22 bits per heavy atom. The average Bonchev–Trinajstić information content (AvgIpc) is 2.30. The van der Waals surface area contributed by atoms with Gasteiger partial charge in [0, 0.05) is 93.9 Å². The molecule has 25 heteroatoms. The highest BCUT2D eigenvalue weighted by atomic mass is 19.1. The summed E-state index contributed by atoms with van der Waals surface area (Å²) in [5, 5.41) is 13.7. The van der Waals surface area contributed by atoms with Crippen LogP contribution in [0.2, 0.25) is 0 Å². The smallest absolute Gasteiger partial charge is 0.410 e. The summed E-state index contributed by atoms with van der Waals surface area (Å²) in [5.74, 6) is -5.66. The van der Waals surface area contributed by atoms with Crippen LogP contribution in [0.1, 0.15) is 102 Å². The summed E-state index contributed by atoms with van der Waals surface area (Å²) in [6.45, 7) is 7.14. The zero-order valence-corrected chi connectivity index (χ0v) is 48.1. The van der Waals surface area contributed by atoms with Gasteiger partial charge in [-0.2, -0.15) is 0 Å². The van der Waals surface area contributed by atoms with Crippen LogP contribution in [0.25, 0.3) is 11.3 Å². The van der Waals surface area contributed by atoms with Crippen molar-refractivity contribution in [2.75, 3.05) is 51.3 Å². The number of carbonyl (C=O) groups is 8. The number of likely N-dealkylation sites (tertiary alicyclic amines) is 1. The van der Waals surface area contributed by atoms with Gasteiger partial charge in [-0.05, 0) is 118 Å². The molecule has 85 heavy (non-hydrogen) atoms. The average molecular weight is 1190 g/mol. The van der Waals surface area contributed by atoms with E-state index >= 15 is 8.78 Å². The van der Waals surface area contributed by atoms with E-state index in [1.54, 1.807) is 68.7 Å². The zero-order valence-electron chi connectivity index (χ0n) is 48.1. The van der Waals surface area contributed by atoms with Gasteiger partial charge in [0.1, 0.15) is 48.1 Å². The third kappa shape index (κ3) is 18.3. The number of urea groups is 2. The van der Waals surface area contributed by atoms with Crippen molar-refractivity contribution in [2.24, 2.45) is 23.5 Å². The van der Waals surface area contributed by atoms with Gasteiger partial charge in [-0.15, -0.1) is 0 Å². The van der Waals surface area contributed by atoms with Crippen molar-refractivity contribution in [2.45, 2.75) is 123 Å². The van der Waals surface area contributed by atoms with E-state index in [9.17, 15) is 47.1 Å². The molecule has 0 bridgehead atoms. The van der Waals surface area contributed by atoms with Crippen LogP contribution < -0.4 is 32.3 Å². The maximum absolute atomic E-state index is 16.4. The molecule has 2 fully saturated rings. The van der Waals surface area contributed by atoms with Crippen LogP contribution in [0.3, 0.4) is 0 Å². The number of nitrogens with two attached hydrogens (primary N) is 1. The van der Waals surface area contributed by atoms with E-state index in [0.29, 0.717) is 62.1 Å². The number of rotatable bonds is 27. The Balaban J connectivity index is 0.990. The Kier molecular flexibility index (Phi) is 23.0. The molecule has 7 N–H and O–H groups in total. The lowest BCUT2D eigenvalue weighted by molar-refractivity contribution is -0.137. The van der Waals surface area contributed by atoms with E-state index in [4.69, 9.17) is 20.2 Å². The monoisotopic (exact) mass is 1190 g/mol. The van der Waals surface area contributed by atoms with Crippen molar-refractivity contribution in [3.05, 3.63) is 119 Å². The van der Waals surface area contributed by atoms with Crippen LogP contribution in [0.15, 0.2) is 85.1 Å². The first-order valence-corrected chi connectivity index (χ1v) is 28.7. The molecule has 7 rings (SSSR count). The summed E-state index contributed by atoms with van der Waals surface area (Å²) >= 11 is 0. The lowest BCUT2D eigenvalue weighted by Crippen LogP contribution is -2.54. The molecule has 458 valence electrons. The lowest BCUT2D eigenvalue weighted by atomic mass is 9.89. The molecule has 4 aromatic rings. The second-order valence-corrected chi connectivity index (χ2v) is 22.2. The van der Waals surface area contributed by atoms with Crippen LogP contribution >= 0.6 is 0 Å². The van der Waals surface area contributed by atoms with Crippen molar-refractivity contribution in [1.82, 2.24) is 45.5 Å². The number of ether oxygens (including phenoxy) is 2. The predicted octanol–water partition coefficient (Wildman–Crippen LogP) is 7.01. The van der Waals surface area contributed by atoms with Gasteiger partial charge < -0.3 is 56.2 Å². The second-order valence-electron chi connectivity index (χ2n) is 22.2. The van der Waals surface area contributed by atoms with Crippen LogP contribution in [0.4, 0.5) is 37.6 Å². The number of unbranched alkanes of at least 4 members (excludes halogenated alkanes) is 2. The standard InChI is InChI=1S/C60H75F4N11O10/c1-36(2)53(71-50(76)13-6-5-7-25-74-51(77)20-21-52(74)78)57(80)70-48(12-9-24-66-58(65)81)56(79)68-44-17-14-38(15-18-44)35-85-60(83)73-31-41(47(64)33-73)32-75(59(82)67-37(3)4)54(40-22-26-84-27-23-40)55-69-49(45-29-43(62)16-19-46(45)63)34-72(55)30-39-10-8-11-42(61)28-39/h8,10-11,14-21,28-29,34,36-37,40-41,47-48,53-54H,5-7,9,12-13,22-27,30-33,35H2,1-4H3,(H,67,82)(H,68,79)(H,70,80)(H,71,76)(H3,65,66,81)/t41?,47?,48-,53?,54?/m0/s1.